The van der Waals surface area contributed by atoms with E-state index < -0.39 is 0 Å². The molecular weight excluding hydrogens is 250 g/mol. The van der Waals surface area contributed by atoms with Crippen molar-refractivity contribution in [3.63, 3.8) is 0 Å². The van der Waals surface area contributed by atoms with E-state index in [-0.39, 0.29) is 0 Å². The molecule has 2 aromatic rings. The minimum Gasteiger partial charge on any atom is -0.378 e. The van der Waals surface area contributed by atoms with Gasteiger partial charge in [0.1, 0.15) is 0 Å². The van der Waals surface area contributed by atoms with Crippen LogP contribution in [0, 0.1) is 13.8 Å². The highest BCUT2D eigenvalue weighted by Gasteiger charge is 2.14. The molecule has 2 rings (SSSR count). The van der Waals surface area contributed by atoms with E-state index in [2.05, 4.69) is 61.0 Å². The van der Waals surface area contributed by atoms with Crippen LogP contribution in [0.2, 0.25) is 0 Å². The molecule has 110 valence electrons. The molecule has 0 bridgehead atoms. The summed E-state index contributed by atoms with van der Waals surface area (Å²) in [5.41, 5.74) is 5.81. The maximum absolute atomic E-state index is 4.60. The first-order valence-electron chi connectivity index (χ1n) is 7.25. The summed E-state index contributed by atoms with van der Waals surface area (Å²) in [6, 6.07) is 0.383. The molecule has 0 radical (unpaired) electrons. The summed E-state index contributed by atoms with van der Waals surface area (Å²) in [4.78, 5) is 0. The first-order valence-corrected chi connectivity index (χ1v) is 7.25. The van der Waals surface area contributed by atoms with Crippen LogP contribution in [0.25, 0.3) is 0 Å². The number of nitrogens with zero attached hydrogens (tertiary/aromatic N) is 4. The first-order chi connectivity index (χ1) is 9.43. The summed E-state index contributed by atoms with van der Waals surface area (Å²) >= 11 is 0. The molecule has 0 aliphatic rings. The van der Waals surface area contributed by atoms with Gasteiger partial charge in [0, 0.05) is 31.4 Å². The van der Waals surface area contributed by atoms with Gasteiger partial charge in [-0.1, -0.05) is 6.92 Å². The highest BCUT2D eigenvalue weighted by molar-refractivity contribution is 5.52. The number of hydrogen-bond acceptors (Lipinski definition) is 3. The summed E-state index contributed by atoms with van der Waals surface area (Å²) in [7, 11) is 1.97. The quantitative estimate of drug-likeness (QED) is 0.912. The van der Waals surface area contributed by atoms with Gasteiger partial charge in [-0.25, -0.2) is 0 Å². The molecule has 0 fully saturated rings. The molecule has 0 amide bonds. The van der Waals surface area contributed by atoms with Crippen LogP contribution >= 0.6 is 0 Å². The average molecular weight is 275 g/mol. The Hall–Kier alpha value is -1.78. The fourth-order valence-corrected chi connectivity index (χ4v) is 2.63. The Morgan fingerprint density at radius 1 is 1.25 bits per heavy atom. The largest absolute Gasteiger partial charge is 0.378 e. The van der Waals surface area contributed by atoms with Gasteiger partial charge in [-0.15, -0.1) is 0 Å². The lowest BCUT2D eigenvalue weighted by molar-refractivity contribution is 0.516. The predicted molar refractivity (Wildman–Crippen MR) is 82.0 cm³/mol. The molecule has 2 heterocycles. The second-order valence-electron chi connectivity index (χ2n) is 5.57. The molecule has 0 unspecified atom stereocenters. The third kappa shape index (κ3) is 2.71. The van der Waals surface area contributed by atoms with E-state index in [9.17, 15) is 0 Å². The van der Waals surface area contributed by atoms with Crippen molar-refractivity contribution in [1.29, 1.82) is 0 Å². The van der Waals surface area contributed by atoms with Crippen molar-refractivity contribution >= 4 is 5.69 Å². The van der Waals surface area contributed by atoms with Gasteiger partial charge in [0.25, 0.3) is 0 Å². The van der Waals surface area contributed by atoms with Gasteiger partial charge in [0.05, 0.1) is 22.8 Å². The van der Waals surface area contributed by atoms with Gasteiger partial charge in [0.15, 0.2) is 0 Å². The third-order valence-corrected chi connectivity index (χ3v) is 3.60. The highest BCUT2D eigenvalue weighted by Crippen LogP contribution is 2.23. The lowest BCUT2D eigenvalue weighted by Gasteiger charge is -2.10. The van der Waals surface area contributed by atoms with E-state index in [0.29, 0.717) is 6.04 Å². The van der Waals surface area contributed by atoms with Gasteiger partial charge in [0.2, 0.25) is 0 Å². The zero-order chi connectivity index (χ0) is 14.9. The number of nitrogens with one attached hydrogen (secondary N) is 1. The zero-order valence-electron chi connectivity index (χ0n) is 13.4. The number of aryl methyl sites for hydroxylation is 3. The van der Waals surface area contributed by atoms with Crippen LogP contribution in [-0.2, 0) is 20.0 Å². The summed E-state index contributed by atoms with van der Waals surface area (Å²) < 4.78 is 3.95. The molecule has 5 heteroatoms. The molecule has 0 aliphatic carbocycles. The van der Waals surface area contributed by atoms with Crippen LogP contribution < -0.4 is 5.32 Å². The Kier molecular flexibility index (Phi) is 4.16. The Morgan fingerprint density at radius 2 is 1.95 bits per heavy atom. The predicted octanol–water partition coefficient (Wildman–Crippen LogP) is 2.99. The van der Waals surface area contributed by atoms with E-state index >= 15 is 0 Å². The third-order valence-electron chi connectivity index (χ3n) is 3.60. The number of rotatable bonds is 5. The molecule has 0 atom stereocenters. The maximum atomic E-state index is 4.60. The topological polar surface area (TPSA) is 47.7 Å². The first kappa shape index (κ1) is 14.6. The SMILES string of the molecule is CCc1nn(C)cc1CNc1c(C)nn(C(C)C)c1C. The van der Waals surface area contributed by atoms with E-state index in [1.165, 1.54) is 11.3 Å². The van der Waals surface area contributed by atoms with Crippen molar-refractivity contribution in [2.24, 2.45) is 7.05 Å². The second kappa shape index (κ2) is 5.69. The van der Waals surface area contributed by atoms with Crippen LogP contribution in [-0.4, -0.2) is 19.6 Å². The summed E-state index contributed by atoms with van der Waals surface area (Å²) in [6.07, 6.45) is 3.05. The van der Waals surface area contributed by atoms with Crippen molar-refractivity contribution in [3.05, 3.63) is 28.8 Å². The highest BCUT2D eigenvalue weighted by atomic mass is 15.3. The van der Waals surface area contributed by atoms with Gasteiger partial charge in [-0.3, -0.25) is 9.36 Å². The van der Waals surface area contributed by atoms with Gasteiger partial charge < -0.3 is 5.32 Å². The average Bonchev–Trinajstić information content (AvgIpc) is 2.88. The van der Waals surface area contributed by atoms with Crippen LogP contribution in [0.4, 0.5) is 5.69 Å². The molecular formula is C15H25N5. The fourth-order valence-electron chi connectivity index (χ4n) is 2.63. The number of hydrogen-bond donors (Lipinski definition) is 1. The van der Waals surface area contributed by atoms with Gasteiger partial charge >= 0.3 is 0 Å². The molecule has 1 N–H and O–H groups in total. The molecule has 0 aliphatic heterocycles. The standard InChI is InChI=1S/C15H25N5/c1-7-14-13(9-19(6)18-14)8-16-15-11(4)17-20(10(2)3)12(15)5/h9-10,16H,7-8H2,1-6H3. The molecule has 0 saturated carbocycles. The minimum absolute atomic E-state index is 0.383. The Morgan fingerprint density at radius 3 is 2.50 bits per heavy atom. The van der Waals surface area contributed by atoms with Crippen LogP contribution in [0.1, 0.15) is 49.5 Å². The van der Waals surface area contributed by atoms with Crippen LogP contribution in [0.3, 0.4) is 0 Å². The maximum Gasteiger partial charge on any atom is 0.0828 e. The fraction of sp³-hybridized carbons (Fsp3) is 0.600. The van der Waals surface area contributed by atoms with Gasteiger partial charge in [-0.2, -0.15) is 10.2 Å². The Labute approximate surface area is 121 Å². The molecule has 2 aromatic heterocycles. The molecule has 20 heavy (non-hydrogen) atoms. The molecule has 0 spiro atoms. The van der Waals surface area contributed by atoms with Crippen molar-refractivity contribution in [2.45, 2.75) is 53.6 Å². The minimum atomic E-state index is 0.383. The number of aromatic nitrogens is 4. The van der Waals surface area contributed by atoms with E-state index in [4.69, 9.17) is 0 Å². The Bertz CT molecular complexity index is 592. The smallest absolute Gasteiger partial charge is 0.0828 e. The van der Waals surface area contributed by atoms with Crippen molar-refractivity contribution in [3.8, 4) is 0 Å². The molecule has 0 aromatic carbocycles. The van der Waals surface area contributed by atoms with Crippen LogP contribution in [0.15, 0.2) is 6.20 Å². The van der Waals surface area contributed by atoms with E-state index in [1.54, 1.807) is 0 Å². The van der Waals surface area contributed by atoms with E-state index in [1.807, 2.05) is 11.7 Å². The molecule has 5 nitrogen and oxygen atoms in total. The number of anilines is 1. The van der Waals surface area contributed by atoms with E-state index in [0.717, 1.165) is 30.0 Å². The zero-order valence-corrected chi connectivity index (χ0v) is 13.4. The Balaban J connectivity index is 2.19. The van der Waals surface area contributed by atoms with Crippen molar-refractivity contribution < 1.29 is 0 Å². The summed E-state index contributed by atoms with van der Waals surface area (Å²) in [5, 5.41) is 12.6. The lowest BCUT2D eigenvalue weighted by atomic mass is 10.2. The lowest BCUT2D eigenvalue weighted by Crippen LogP contribution is -2.06. The molecule has 0 saturated heterocycles. The monoisotopic (exact) mass is 275 g/mol. The van der Waals surface area contributed by atoms with Crippen LogP contribution in [0.5, 0.6) is 0 Å². The van der Waals surface area contributed by atoms with Gasteiger partial charge in [-0.05, 0) is 34.1 Å². The summed E-state index contributed by atoms with van der Waals surface area (Å²) in [6.45, 7) is 11.4. The normalized spacial score (nSPS) is 11.3. The van der Waals surface area contributed by atoms with Crippen molar-refractivity contribution in [2.75, 3.05) is 5.32 Å². The second-order valence-corrected chi connectivity index (χ2v) is 5.57. The van der Waals surface area contributed by atoms with Crippen molar-refractivity contribution in [1.82, 2.24) is 19.6 Å². The summed E-state index contributed by atoms with van der Waals surface area (Å²) in [5.74, 6) is 0.